The Hall–Kier alpha value is -3.30. The van der Waals surface area contributed by atoms with Gasteiger partial charge >= 0.3 is 5.97 Å². The maximum atomic E-state index is 11.9. The van der Waals surface area contributed by atoms with Gasteiger partial charge in [0.15, 0.2) is 0 Å². The highest BCUT2D eigenvalue weighted by Crippen LogP contribution is 2.35. The fraction of sp³-hybridized carbons (Fsp3) is 0.182. The smallest absolute Gasteiger partial charge is 0.303 e. The molecule has 10 heteroatoms. The van der Waals surface area contributed by atoms with E-state index in [1.807, 2.05) is 11.5 Å². The summed E-state index contributed by atoms with van der Waals surface area (Å²) in [4.78, 5) is 22.7. The summed E-state index contributed by atoms with van der Waals surface area (Å²) < 4.78 is 28.2. The van der Waals surface area contributed by atoms with Crippen molar-refractivity contribution in [2.24, 2.45) is 5.73 Å². The Bertz CT molecular complexity index is 1320. The first-order valence-corrected chi connectivity index (χ1v) is 11.8. The molecule has 4 N–H and O–H groups in total. The SMILES string of the molecule is Cc1cc(C(N)=O)ccc1-n1c(CCC(=O)O)ccc1-c1ccc(Cl)cc1NS(C)(=O)=O. The summed E-state index contributed by atoms with van der Waals surface area (Å²) in [7, 11) is -3.59. The van der Waals surface area contributed by atoms with Gasteiger partial charge in [0.2, 0.25) is 15.9 Å². The molecule has 0 fully saturated rings. The van der Waals surface area contributed by atoms with E-state index in [0.717, 1.165) is 11.8 Å². The zero-order valence-electron chi connectivity index (χ0n) is 17.4. The third-order valence-electron chi connectivity index (χ3n) is 4.83. The molecule has 1 aromatic heterocycles. The number of carboxylic acids is 1. The van der Waals surface area contributed by atoms with E-state index in [9.17, 15) is 18.0 Å². The lowest BCUT2D eigenvalue weighted by Crippen LogP contribution is -2.13. The molecule has 8 nitrogen and oxygen atoms in total. The molecule has 1 amide bonds. The molecular formula is C22H22ClN3O5S. The normalized spacial score (nSPS) is 11.3. The number of sulfonamides is 1. The number of rotatable bonds is 8. The lowest BCUT2D eigenvalue weighted by Gasteiger charge is -2.19. The van der Waals surface area contributed by atoms with Gasteiger partial charge in [-0.05, 0) is 67.4 Å². The molecule has 0 saturated heterocycles. The lowest BCUT2D eigenvalue weighted by molar-refractivity contribution is -0.136. The van der Waals surface area contributed by atoms with Crippen LogP contribution in [0.1, 0.15) is 28.0 Å². The Labute approximate surface area is 190 Å². The number of aryl methyl sites for hydroxylation is 2. The molecule has 32 heavy (non-hydrogen) atoms. The van der Waals surface area contributed by atoms with E-state index >= 15 is 0 Å². The van der Waals surface area contributed by atoms with Gasteiger partial charge in [0.05, 0.1) is 24.1 Å². The molecule has 0 saturated carbocycles. The van der Waals surface area contributed by atoms with Crippen LogP contribution >= 0.6 is 11.6 Å². The number of nitrogens with zero attached hydrogens (tertiary/aromatic N) is 1. The number of aliphatic carboxylic acids is 1. The van der Waals surface area contributed by atoms with Crippen molar-refractivity contribution in [1.29, 1.82) is 0 Å². The molecule has 0 spiro atoms. The largest absolute Gasteiger partial charge is 0.481 e. The number of halogens is 1. The van der Waals surface area contributed by atoms with Crippen molar-refractivity contribution in [1.82, 2.24) is 4.57 Å². The van der Waals surface area contributed by atoms with Crippen LogP contribution in [-0.2, 0) is 21.2 Å². The van der Waals surface area contributed by atoms with Gasteiger partial charge in [-0.25, -0.2) is 8.42 Å². The van der Waals surface area contributed by atoms with Gasteiger partial charge in [0, 0.05) is 27.5 Å². The topological polar surface area (TPSA) is 131 Å². The van der Waals surface area contributed by atoms with Gasteiger partial charge in [-0.3, -0.25) is 14.3 Å². The molecule has 3 rings (SSSR count). The van der Waals surface area contributed by atoms with Gasteiger partial charge in [0.1, 0.15) is 0 Å². The maximum absolute atomic E-state index is 11.9. The number of carbonyl (C=O) groups is 2. The second-order valence-corrected chi connectivity index (χ2v) is 9.55. The van der Waals surface area contributed by atoms with Gasteiger partial charge in [-0.15, -0.1) is 0 Å². The Balaban J connectivity index is 2.25. The molecular weight excluding hydrogens is 454 g/mol. The first kappa shape index (κ1) is 23.4. The number of carboxylic acid groups (broad SMARTS) is 1. The number of amides is 1. The van der Waals surface area contributed by atoms with Crippen LogP contribution in [0.15, 0.2) is 48.5 Å². The number of hydrogen-bond donors (Lipinski definition) is 3. The number of aromatic nitrogens is 1. The Morgan fingerprint density at radius 2 is 1.84 bits per heavy atom. The van der Waals surface area contributed by atoms with E-state index in [4.69, 9.17) is 22.4 Å². The van der Waals surface area contributed by atoms with Gasteiger partial charge < -0.3 is 15.4 Å². The highest BCUT2D eigenvalue weighted by Gasteiger charge is 2.19. The lowest BCUT2D eigenvalue weighted by atomic mass is 10.1. The van der Waals surface area contributed by atoms with Gasteiger partial charge in [-0.2, -0.15) is 0 Å². The van der Waals surface area contributed by atoms with Crippen molar-refractivity contribution in [3.8, 4) is 16.9 Å². The molecule has 0 aliphatic rings. The van der Waals surface area contributed by atoms with E-state index in [1.54, 1.807) is 42.5 Å². The number of nitrogens with one attached hydrogen (secondary N) is 1. The number of nitrogens with two attached hydrogens (primary N) is 1. The average molecular weight is 476 g/mol. The first-order valence-electron chi connectivity index (χ1n) is 9.57. The fourth-order valence-corrected chi connectivity index (χ4v) is 4.23. The van der Waals surface area contributed by atoms with E-state index < -0.39 is 21.9 Å². The van der Waals surface area contributed by atoms with Crippen LogP contribution in [0, 0.1) is 6.92 Å². The summed E-state index contributed by atoms with van der Waals surface area (Å²) in [5.74, 6) is -1.50. The quantitative estimate of drug-likeness (QED) is 0.458. The highest BCUT2D eigenvalue weighted by atomic mass is 35.5. The van der Waals surface area contributed by atoms with Crippen LogP contribution < -0.4 is 10.5 Å². The first-order chi connectivity index (χ1) is 15.0. The second-order valence-electron chi connectivity index (χ2n) is 7.37. The van der Waals surface area contributed by atoms with E-state index in [-0.39, 0.29) is 18.5 Å². The summed E-state index contributed by atoms with van der Waals surface area (Å²) in [5, 5.41) is 9.52. The minimum atomic E-state index is -3.59. The standard InChI is InChI=1S/C22H22ClN3O5S/c1-13-11-14(22(24)29)3-8-19(13)26-16(6-10-21(27)28)5-9-20(26)17-7-4-15(23)12-18(17)25-32(2,30)31/h3-5,7-9,11-12,25H,6,10H2,1-2H3,(H2,24,29)(H,27,28). The van der Waals surface area contributed by atoms with Crippen LogP contribution in [0.3, 0.4) is 0 Å². The summed E-state index contributed by atoms with van der Waals surface area (Å²) in [6.45, 7) is 1.81. The summed E-state index contributed by atoms with van der Waals surface area (Å²) in [6.07, 6.45) is 1.20. The van der Waals surface area contributed by atoms with E-state index in [2.05, 4.69) is 4.72 Å². The molecule has 0 bridgehead atoms. The minimum Gasteiger partial charge on any atom is -0.481 e. The zero-order chi connectivity index (χ0) is 23.6. The van der Waals surface area contributed by atoms with Crippen LogP contribution in [0.25, 0.3) is 16.9 Å². The van der Waals surface area contributed by atoms with Gasteiger partial charge in [0.25, 0.3) is 0 Å². The molecule has 0 aliphatic carbocycles. The number of benzene rings is 2. The third-order valence-corrected chi connectivity index (χ3v) is 5.66. The van der Waals surface area contributed by atoms with Crippen molar-refractivity contribution in [3.05, 3.63) is 70.4 Å². The minimum absolute atomic E-state index is 0.0864. The average Bonchev–Trinajstić information content (AvgIpc) is 3.08. The Morgan fingerprint density at radius 3 is 2.44 bits per heavy atom. The highest BCUT2D eigenvalue weighted by molar-refractivity contribution is 7.92. The monoisotopic (exact) mass is 475 g/mol. The number of anilines is 1. The molecule has 0 radical (unpaired) electrons. The summed E-state index contributed by atoms with van der Waals surface area (Å²) >= 11 is 6.10. The molecule has 0 unspecified atom stereocenters. The third kappa shape index (κ3) is 5.30. The number of carbonyl (C=O) groups excluding carboxylic acids is 1. The Morgan fingerprint density at radius 1 is 1.12 bits per heavy atom. The molecule has 0 atom stereocenters. The van der Waals surface area contributed by atoms with Crippen LogP contribution in [0.2, 0.25) is 5.02 Å². The number of primary amides is 1. The fourth-order valence-electron chi connectivity index (χ4n) is 3.49. The molecule has 2 aromatic carbocycles. The zero-order valence-corrected chi connectivity index (χ0v) is 19.0. The second kappa shape index (κ2) is 9.05. The predicted octanol–water partition coefficient (Wildman–Crippen LogP) is 3.59. The van der Waals surface area contributed by atoms with Gasteiger partial charge in [-0.1, -0.05) is 11.6 Å². The van der Waals surface area contributed by atoms with Crippen molar-refractivity contribution in [3.63, 3.8) is 0 Å². The number of hydrogen-bond acceptors (Lipinski definition) is 4. The van der Waals surface area contributed by atoms with E-state index in [1.165, 1.54) is 6.07 Å². The van der Waals surface area contributed by atoms with Crippen LogP contribution in [0.4, 0.5) is 5.69 Å². The predicted molar refractivity (Wildman–Crippen MR) is 124 cm³/mol. The van der Waals surface area contributed by atoms with Crippen molar-refractivity contribution in [2.45, 2.75) is 19.8 Å². The van der Waals surface area contributed by atoms with Crippen molar-refractivity contribution >= 4 is 39.2 Å². The molecule has 0 aliphatic heterocycles. The van der Waals surface area contributed by atoms with Crippen LogP contribution in [0.5, 0.6) is 0 Å². The van der Waals surface area contributed by atoms with Crippen LogP contribution in [-0.4, -0.2) is 36.2 Å². The molecule has 1 heterocycles. The molecule has 3 aromatic rings. The van der Waals surface area contributed by atoms with Crippen molar-refractivity contribution in [2.75, 3.05) is 11.0 Å². The maximum Gasteiger partial charge on any atom is 0.303 e. The Kier molecular flexibility index (Phi) is 6.61. The summed E-state index contributed by atoms with van der Waals surface area (Å²) in [5.41, 5.74) is 9.35. The molecule has 168 valence electrons. The van der Waals surface area contributed by atoms with Crippen molar-refractivity contribution < 1.29 is 23.1 Å². The summed E-state index contributed by atoms with van der Waals surface area (Å²) in [6, 6.07) is 13.4. The van der Waals surface area contributed by atoms with E-state index in [0.29, 0.717) is 33.2 Å².